The molecule has 0 fully saturated rings. The Labute approximate surface area is 118 Å². The summed E-state index contributed by atoms with van der Waals surface area (Å²) in [4.78, 5) is 13.6. The van der Waals surface area contributed by atoms with E-state index in [9.17, 15) is 0 Å². The number of halogens is 1. The fourth-order valence-electron chi connectivity index (χ4n) is 2.60. The molecule has 0 spiro atoms. The molecule has 0 amide bonds. The standard InChI is InChI=1S/C15H16ClN3/c1-9-7-10(2)13(17-8-9)15-18-12-6-4-3-5-11(12)14(16)19-15/h7-8H,3-6H2,1-2H3. The van der Waals surface area contributed by atoms with Gasteiger partial charge in [0.1, 0.15) is 10.8 Å². The Morgan fingerprint density at radius 3 is 2.68 bits per heavy atom. The van der Waals surface area contributed by atoms with Crippen LogP contribution in [0, 0.1) is 13.8 Å². The van der Waals surface area contributed by atoms with E-state index >= 15 is 0 Å². The van der Waals surface area contributed by atoms with E-state index in [1.54, 1.807) is 0 Å². The van der Waals surface area contributed by atoms with Crippen LogP contribution in [0.25, 0.3) is 11.5 Å². The normalized spacial score (nSPS) is 14.3. The van der Waals surface area contributed by atoms with E-state index in [4.69, 9.17) is 11.6 Å². The van der Waals surface area contributed by atoms with Crippen molar-refractivity contribution in [1.82, 2.24) is 15.0 Å². The lowest BCUT2D eigenvalue weighted by Gasteiger charge is -2.16. The van der Waals surface area contributed by atoms with Crippen LogP contribution >= 0.6 is 11.6 Å². The summed E-state index contributed by atoms with van der Waals surface area (Å²) < 4.78 is 0. The lowest BCUT2D eigenvalue weighted by atomic mass is 9.97. The Balaban J connectivity index is 2.13. The van der Waals surface area contributed by atoms with Crippen LogP contribution in [0.2, 0.25) is 5.15 Å². The third-order valence-corrected chi connectivity index (χ3v) is 3.87. The summed E-state index contributed by atoms with van der Waals surface area (Å²) in [6.45, 7) is 4.07. The molecule has 19 heavy (non-hydrogen) atoms. The summed E-state index contributed by atoms with van der Waals surface area (Å²) in [6, 6.07) is 2.10. The summed E-state index contributed by atoms with van der Waals surface area (Å²) in [6.07, 6.45) is 6.20. The van der Waals surface area contributed by atoms with Crippen LogP contribution in [0.1, 0.15) is 35.2 Å². The zero-order chi connectivity index (χ0) is 13.4. The molecule has 0 bridgehead atoms. The molecule has 0 N–H and O–H groups in total. The summed E-state index contributed by atoms with van der Waals surface area (Å²) >= 11 is 6.30. The monoisotopic (exact) mass is 273 g/mol. The zero-order valence-electron chi connectivity index (χ0n) is 11.2. The number of hydrogen-bond donors (Lipinski definition) is 0. The average Bonchev–Trinajstić information content (AvgIpc) is 2.38. The predicted octanol–water partition coefficient (Wildman–Crippen LogP) is 3.69. The van der Waals surface area contributed by atoms with Gasteiger partial charge in [0.15, 0.2) is 5.82 Å². The van der Waals surface area contributed by atoms with Gasteiger partial charge in [-0.05, 0) is 50.7 Å². The Morgan fingerprint density at radius 1 is 1.11 bits per heavy atom. The van der Waals surface area contributed by atoms with Crippen LogP contribution in [0.15, 0.2) is 12.3 Å². The highest BCUT2D eigenvalue weighted by molar-refractivity contribution is 6.30. The SMILES string of the molecule is Cc1cnc(-c2nc(Cl)c3c(n2)CCCC3)c(C)c1. The second-order valence-corrected chi connectivity index (χ2v) is 5.51. The highest BCUT2D eigenvalue weighted by Gasteiger charge is 2.18. The minimum atomic E-state index is 0.599. The van der Waals surface area contributed by atoms with Gasteiger partial charge in [0, 0.05) is 17.5 Å². The van der Waals surface area contributed by atoms with Gasteiger partial charge in [-0.3, -0.25) is 4.98 Å². The van der Waals surface area contributed by atoms with E-state index in [2.05, 4.69) is 21.0 Å². The first kappa shape index (κ1) is 12.5. The van der Waals surface area contributed by atoms with Crippen molar-refractivity contribution in [2.24, 2.45) is 0 Å². The van der Waals surface area contributed by atoms with Gasteiger partial charge in [-0.2, -0.15) is 0 Å². The van der Waals surface area contributed by atoms with Crippen LogP contribution in [0.3, 0.4) is 0 Å². The van der Waals surface area contributed by atoms with Crippen molar-refractivity contribution >= 4 is 11.6 Å². The Hall–Kier alpha value is -1.48. The molecule has 3 rings (SSSR count). The minimum Gasteiger partial charge on any atom is -0.252 e. The maximum absolute atomic E-state index is 6.30. The minimum absolute atomic E-state index is 0.599. The van der Waals surface area contributed by atoms with E-state index < -0.39 is 0 Å². The number of hydrogen-bond acceptors (Lipinski definition) is 3. The summed E-state index contributed by atoms with van der Waals surface area (Å²) in [5, 5.41) is 0.599. The van der Waals surface area contributed by atoms with Crippen molar-refractivity contribution in [2.45, 2.75) is 39.5 Å². The van der Waals surface area contributed by atoms with Crippen molar-refractivity contribution in [3.8, 4) is 11.5 Å². The molecule has 3 nitrogen and oxygen atoms in total. The molecule has 0 unspecified atom stereocenters. The molecule has 0 radical (unpaired) electrons. The van der Waals surface area contributed by atoms with Crippen LogP contribution in [0.5, 0.6) is 0 Å². The second kappa shape index (κ2) is 4.89. The van der Waals surface area contributed by atoms with Crippen LogP contribution in [-0.2, 0) is 12.8 Å². The number of rotatable bonds is 1. The highest BCUT2D eigenvalue weighted by atomic mass is 35.5. The predicted molar refractivity (Wildman–Crippen MR) is 76.4 cm³/mol. The largest absolute Gasteiger partial charge is 0.252 e. The van der Waals surface area contributed by atoms with E-state index in [0.29, 0.717) is 11.0 Å². The fraction of sp³-hybridized carbons (Fsp3) is 0.400. The van der Waals surface area contributed by atoms with Crippen molar-refractivity contribution in [1.29, 1.82) is 0 Å². The van der Waals surface area contributed by atoms with Crippen molar-refractivity contribution < 1.29 is 0 Å². The van der Waals surface area contributed by atoms with Gasteiger partial charge in [-0.1, -0.05) is 17.7 Å². The third kappa shape index (κ3) is 2.35. The molecule has 0 atom stereocenters. The lowest BCUT2D eigenvalue weighted by Crippen LogP contribution is -2.09. The molecule has 98 valence electrons. The molecule has 2 aromatic heterocycles. The van der Waals surface area contributed by atoms with Crippen molar-refractivity contribution in [2.75, 3.05) is 0 Å². The summed E-state index contributed by atoms with van der Waals surface area (Å²) in [5.41, 5.74) is 5.29. The maximum Gasteiger partial charge on any atom is 0.180 e. The smallest absolute Gasteiger partial charge is 0.180 e. The van der Waals surface area contributed by atoms with Gasteiger partial charge in [0.25, 0.3) is 0 Å². The maximum atomic E-state index is 6.30. The lowest BCUT2D eigenvalue weighted by molar-refractivity contribution is 0.663. The quantitative estimate of drug-likeness (QED) is 0.744. The molecule has 0 aromatic carbocycles. The van der Waals surface area contributed by atoms with Gasteiger partial charge in [0.2, 0.25) is 0 Å². The molecule has 0 saturated carbocycles. The van der Waals surface area contributed by atoms with Gasteiger partial charge >= 0.3 is 0 Å². The molecular weight excluding hydrogens is 258 g/mol. The number of aromatic nitrogens is 3. The summed E-state index contributed by atoms with van der Waals surface area (Å²) in [5.74, 6) is 0.656. The molecule has 2 heterocycles. The van der Waals surface area contributed by atoms with E-state index in [0.717, 1.165) is 40.9 Å². The zero-order valence-corrected chi connectivity index (χ0v) is 12.0. The Morgan fingerprint density at radius 2 is 1.89 bits per heavy atom. The fourth-order valence-corrected chi connectivity index (χ4v) is 2.89. The molecule has 0 aliphatic heterocycles. The summed E-state index contributed by atoms with van der Waals surface area (Å²) in [7, 11) is 0. The number of pyridine rings is 1. The highest BCUT2D eigenvalue weighted by Crippen LogP contribution is 2.28. The first-order chi connectivity index (χ1) is 9.15. The van der Waals surface area contributed by atoms with Crippen LogP contribution < -0.4 is 0 Å². The number of fused-ring (bicyclic) bond motifs is 1. The van der Waals surface area contributed by atoms with Gasteiger partial charge in [-0.15, -0.1) is 0 Å². The molecule has 2 aromatic rings. The van der Waals surface area contributed by atoms with Gasteiger partial charge in [-0.25, -0.2) is 9.97 Å². The van der Waals surface area contributed by atoms with Crippen molar-refractivity contribution in [3.63, 3.8) is 0 Å². The number of nitrogens with zero attached hydrogens (tertiary/aromatic N) is 3. The van der Waals surface area contributed by atoms with Crippen LogP contribution in [-0.4, -0.2) is 15.0 Å². The first-order valence-electron chi connectivity index (χ1n) is 6.64. The molecule has 0 saturated heterocycles. The van der Waals surface area contributed by atoms with Crippen molar-refractivity contribution in [3.05, 3.63) is 39.8 Å². The average molecular weight is 274 g/mol. The molecule has 4 heteroatoms. The van der Waals surface area contributed by atoms with E-state index in [1.807, 2.05) is 20.0 Å². The van der Waals surface area contributed by atoms with Crippen LogP contribution in [0.4, 0.5) is 0 Å². The van der Waals surface area contributed by atoms with Gasteiger partial charge in [0.05, 0.1) is 0 Å². The molecule has 1 aliphatic rings. The second-order valence-electron chi connectivity index (χ2n) is 5.15. The van der Waals surface area contributed by atoms with E-state index in [-0.39, 0.29) is 0 Å². The Bertz CT molecular complexity index is 638. The molecule has 1 aliphatic carbocycles. The first-order valence-corrected chi connectivity index (χ1v) is 7.02. The third-order valence-electron chi connectivity index (χ3n) is 3.56. The van der Waals surface area contributed by atoms with Gasteiger partial charge < -0.3 is 0 Å². The van der Waals surface area contributed by atoms with E-state index in [1.165, 1.54) is 12.8 Å². The Kier molecular flexibility index (Phi) is 3.23. The topological polar surface area (TPSA) is 38.7 Å². The number of aryl methyl sites for hydroxylation is 3. The molecular formula is C15H16ClN3.